The van der Waals surface area contributed by atoms with E-state index in [0.29, 0.717) is 13.0 Å². The number of Topliss-reactive ketones (excluding diaryl/α,β-unsaturated/α-hetero) is 1. The van der Waals surface area contributed by atoms with Gasteiger partial charge in [-0.25, -0.2) is 4.79 Å². The number of nitrogens with zero attached hydrogens (tertiary/aromatic N) is 2. The van der Waals surface area contributed by atoms with E-state index in [0.717, 1.165) is 11.0 Å². The fraction of sp³-hybridized carbons (Fsp3) is 0.600. The zero-order chi connectivity index (χ0) is 17.3. The van der Waals surface area contributed by atoms with Gasteiger partial charge in [0, 0.05) is 13.6 Å². The molecule has 2 rings (SSSR count). The third-order valence-electron chi connectivity index (χ3n) is 4.07. The van der Waals surface area contributed by atoms with Gasteiger partial charge in [0.15, 0.2) is 6.61 Å². The minimum Gasteiger partial charge on any atom is -0.457 e. The molecule has 1 aromatic rings. The zero-order valence-electron chi connectivity index (χ0n) is 13.5. The van der Waals surface area contributed by atoms with Gasteiger partial charge in [-0.1, -0.05) is 13.8 Å². The van der Waals surface area contributed by atoms with E-state index < -0.39 is 29.6 Å². The van der Waals surface area contributed by atoms with E-state index in [2.05, 4.69) is 0 Å². The molecule has 2 atom stereocenters. The average molecular weight is 323 g/mol. The Morgan fingerprint density at radius 2 is 1.96 bits per heavy atom. The van der Waals surface area contributed by atoms with Gasteiger partial charge in [0.1, 0.15) is 11.4 Å². The Hall–Kier alpha value is -2.38. The number of nitrogens with two attached hydrogens (primary N) is 1. The van der Waals surface area contributed by atoms with Gasteiger partial charge in [-0.05, 0) is 18.8 Å². The van der Waals surface area contributed by atoms with Crippen molar-refractivity contribution in [2.45, 2.75) is 33.2 Å². The molecule has 0 aliphatic heterocycles. The lowest BCUT2D eigenvalue weighted by molar-refractivity contribution is -0.144. The second-order valence-electron chi connectivity index (χ2n) is 5.91. The largest absolute Gasteiger partial charge is 0.457 e. The Kier molecular flexibility index (Phi) is 4.72. The van der Waals surface area contributed by atoms with Crippen molar-refractivity contribution in [1.29, 1.82) is 0 Å². The van der Waals surface area contributed by atoms with Crippen LogP contribution in [0.15, 0.2) is 9.59 Å². The molecule has 1 aromatic heterocycles. The molecule has 126 valence electrons. The molecule has 0 radical (unpaired) electrons. The molecule has 8 heteroatoms. The van der Waals surface area contributed by atoms with Crippen molar-refractivity contribution in [3.05, 3.63) is 26.4 Å². The number of carbonyl (C=O) groups excluding carboxylic acids is 2. The second kappa shape index (κ2) is 6.39. The second-order valence-corrected chi connectivity index (χ2v) is 5.91. The van der Waals surface area contributed by atoms with Crippen LogP contribution in [0.3, 0.4) is 0 Å². The number of ether oxygens (including phenoxy) is 1. The topological polar surface area (TPSA) is 113 Å². The molecule has 0 saturated heterocycles. The van der Waals surface area contributed by atoms with E-state index >= 15 is 0 Å². The van der Waals surface area contributed by atoms with E-state index in [9.17, 15) is 19.2 Å². The number of rotatable bonds is 6. The molecule has 2 unspecified atom stereocenters. The monoisotopic (exact) mass is 323 g/mol. The van der Waals surface area contributed by atoms with Gasteiger partial charge in [-0.15, -0.1) is 0 Å². The van der Waals surface area contributed by atoms with Crippen molar-refractivity contribution in [3.8, 4) is 0 Å². The molecular formula is C15H21N3O5. The highest BCUT2D eigenvalue weighted by Gasteiger charge is 2.40. The van der Waals surface area contributed by atoms with Crippen LogP contribution in [0.25, 0.3) is 0 Å². The minimum atomic E-state index is -0.777. The van der Waals surface area contributed by atoms with E-state index in [1.807, 2.05) is 13.8 Å². The number of ketones is 1. The van der Waals surface area contributed by atoms with Gasteiger partial charge in [0.05, 0.1) is 5.92 Å². The molecule has 1 fully saturated rings. The normalized spacial score (nSPS) is 19.4. The molecule has 1 heterocycles. The van der Waals surface area contributed by atoms with E-state index in [4.69, 9.17) is 10.5 Å². The Morgan fingerprint density at radius 1 is 1.35 bits per heavy atom. The van der Waals surface area contributed by atoms with Crippen molar-refractivity contribution in [2.24, 2.45) is 18.9 Å². The first-order chi connectivity index (χ1) is 10.8. The Morgan fingerprint density at radius 3 is 2.48 bits per heavy atom. The highest BCUT2D eigenvalue weighted by molar-refractivity contribution is 6.01. The smallest absolute Gasteiger partial charge is 0.332 e. The predicted molar refractivity (Wildman–Crippen MR) is 83.2 cm³/mol. The summed E-state index contributed by atoms with van der Waals surface area (Å²) < 4.78 is 6.97. The first-order valence-corrected chi connectivity index (χ1v) is 7.58. The van der Waals surface area contributed by atoms with E-state index in [1.165, 1.54) is 11.6 Å². The van der Waals surface area contributed by atoms with Crippen molar-refractivity contribution in [1.82, 2.24) is 9.13 Å². The summed E-state index contributed by atoms with van der Waals surface area (Å²) in [7, 11) is 1.28. The molecule has 1 saturated carbocycles. The molecule has 0 spiro atoms. The third-order valence-corrected chi connectivity index (χ3v) is 4.07. The van der Waals surface area contributed by atoms with Gasteiger partial charge in [0.25, 0.3) is 5.56 Å². The van der Waals surface area contributed by atoms with Crippen LogP contribution in [-0.4, -0.2) is 27.5 Å². The summed E-state index contributed by atoms with van der Waals surface area (Å²) >= 11 is 0. The van der Waals surface area contributed by atoms with Crippen molar-refractivity contribution < 1.29 is 14.3 Å². The fourth-order valence-corrected chi connectivity index (χ4v) is 2.45. The summed E-state index contributed by atoms with van der Waals surface area (Å²) in [5.41, 5.74) is 4.17. The van der Waals surface area contributed by atoms with Gasteiger partial charge in [-0.2, -0.15) is 0 Å². The Labute approximate surface area is 132 Å². The Bertz CT molecular complexity index is 762. The number of hydrogen-bond donors (Lipinski definition) is 1. The maximum absolute atomic E-state index is 12.2. The first kappa shape index (κ1) is 17.0. The lowest BCUT2D eigenvalue weighted by Gasteiger charge is -2.13. The summed E-state index contributed by atoms with van der Waals surface area (Å²) in [6.07, 6.45) is 1.36. The number of carbonyl (C=O) groups is 2. The fourth-order valence-electron chi connectivity index (χ4n) is 2.45. The molecule has 0 aromatic carbocycles. The molecule has 1 aliphatic rings. The van der Waals surface area contributed by atoms with Crippen LogP contribution in [0.5, 0.6) is 0 Å². The number of aromatic nitrogens is 2. The number of anilines is 1. The van der Waals surface area contributed by atoms with Gasteiger partial charge >= 0.3 is 11.7 Å². The van der Waals surface area contributed by atoms with Gasteiger partial charge in [-0.3, -0.25) is 23.5 Å². The first-order valence-electron chi connectivity index (χ1n) is 7.58. The molecule has 23 heavy (non-hydrogen) atoms. The molecule has 8 nitrogen and oxygen atoms in total. The maximum Gasteiger partial charge on any atom is 0.332 e. The van der Waals surface area contributed by atoms with Crippen LogP contribution >= 0.6 is 0 Å². The zero-order valence-corrected chi connectivity index (χ0v) is 13.5. The van der Waals surface area contributed by atoms with Crippen LogP contribution < -0.4 is 17.0 Å². The quantitative estimate of drug-likeness (QED) is 0.578. The van der Waals surface area contributed by atoms with Crippen LogP contribution in [0.4, 0.5) is 5.82 Å². The average Bonchev–Trinajstić information content (AvgIpc) is 3.24. The van der Waals surface area contributed by atoms with Crippen molar-refractivity contribution in [3.63, 3.8) is 0 Å². The van der Waals surface area contributed by atoms with Crippen LogP contribution in [0, 0.1) is 11.8 Å². The standard InChI is InChI=1S/C15H21N3O5/c1-4-5-18-12(16)11(13(20)17(3)15(18)22)10(19)7-23-14(21)9-6-8(9)2/h8-9H,4-7,16H2,1-3H3. The van der Waals surface area contributed by atoms with Crippen LogP contribution in [-0.2, 0) is 23.1 Å². The van der Waals surface area contributed by atoms with Crippen LogP contribution in [0.2, 0.25) is 0 Å². The molecule has 0 amide bonds. The summed E-state index contributed by atoms with van der Waals surface area (Å²) in [6.45, 7) is 3.50. The lowest BCUT2D eigenvalue weighted by Crippen LogP contribution is -2.43. The highest BCUT2D eigenvalue weighted by atomic mass is 16.5. The summed E-state index contributed by atoms with van der Waals surface area (Å²) in [5.74, 6) is -1.22. The van der Waals surface area contributed by atoms with Gasteiger partial charge in [0.2, 0.25) is 5.78 Å². The lowest BCUT2D eigenvalue weighted by atomic mass is 10.2. The predicted octanol–water partition coefficient (Wildman–Crippen LogP) is -0.0789. The van der Waals surface area contributed by atoms with Crippen molar-refractivity contribution >= 4 is 17.6 Å². The molecule has 2 N–H and O–H groups in total. The molecule has 1 aliphatic carbocycles. The highest BCUT2D eigenvalue weighted by Crippen LogP contribution is 2.38. The number of nitrogen functional groups attached to an aromatic ring is 1. The molecule has 0 bridgehead atoms. The summed E-state index contributed by atoms with van der Waals surface area (Å²) in [5, 5.41) is 0. The SMILES string of the molecule is CCCn1c(N)c(C(=O)COC(=O)C2CC2C)c(=O)n(C)c1=O. The maximum atomic E-state index is 12.2. The third kappa shape index (κ3) is 3.20. The molecular weight excluding hydrogens is 302 g/mol. The van der Waals surface area contributed by atoms with E-state index in [-0.39, 0.29) is 23.2 Å². The van der Waals surface area contributed by atoms with E-state index in [1.54, 1.807) is 0 Å². The summed E-state index contributed by atoms with van der Waals surface area (Å²) in [6, 6.07) is 0. The van der Waals surface area contributed by atoms with Crippen molar-refractivity contribution in [2.75, 3.05) is 12.3 Å². The number of esters is 1. The minimum absolute atomic E-state index is 0.169. The Balaban J connectivity index is 2.27. The van der Waals surface area contributed by atoms with Gasteiger partial charge < -0.3 is 10.5 Å². The van der Waals surface area contributed by atoms with Crippen LogP contribution in [0.1, 0.15) is 37.0 Å². The summed E-state index contributed by atoms with van der Waals surface area (Å²) in [4.78, 5) is 48.1. The number of hydrogen-bond acceptors (Lipinski definition) is 6.